The third kappa shape index (κ3) is 3.81. The lowest BCUT2D eigenvalue weighted by Crippen LogP contribution is -2.48. The summed E-state index contributed by atoms with van der Waals surface area (Å²) >= 11 is 0. The number of esters is 1. The summed E-state index contributed by atoms with van der Waals surface area (Å²) in [6.45, 7) is 0.686. The van der Waals surface area contributed by atoms with Crippen molar-refractivity contribution < 1.29 is 27.1 Å². The third-order valence-electron chi connectivity index (χ3n) is 6.16. The molecule has 34 heavy (non-hydrogen) atoms. The number of nitrogens with one attached hydrogen (secondary N) is 1. The van der Waals surface area contributed by atoms with Crippen LogP contribution in [0, 0.1) is 5.82 Å². The van der Waals surface area contributed by atoms with Crippen LogP contribution in [0.2, 0.25) is 0 Å². The number of hydrogen-bond donors (Lipinski definition) is 1. The van der Waals surface area contributed by atoms with Gasteiger partial charge in [-0.05, 0) is 49.2 Å². The Kier molecular flexibility index (Phi) is 5.36. The van der Waals surface area contributed by atoms with Crippen LogP contribution in [0.25, 0.3) is 0 Å². The van der Waals surface area contributed by atoms with Gasteiger partial charge in [-0.3, -0.25) is 9.52 Å². The van der Waals surface area contributed by atoms with Crippen LogP contribution in [0.5, 0.6) is 0 Å². The van der Waals surface area contributed by atoms with Crippen LogP contribution >= 0.6 is 0 Å². The van der Waals surface area contributed by atoms with Crippen molar-refractivity contribution in [1.29, 1.82) is 0 Å². The number of carbonyl (C=O) groups is 2. The van der Waals surface area contributed by atoms with Gasteiger partial charge in [-0.2, -0.15) is 0 Å². The number of ether oxygens (including phenoxy) is 1. The summed E-state index contributed by atoms with van der Waals surface area (Å²) in [7, 11) is -4.18. The number of rotatable bonds is 4. The Labute approximate surface area is 196 Å². The predicted octanol–water partition coefficient (Wildman–Crippen LogP) is 3.93. The van der Waals surface area contributed by atoms with Crippen LogP contribution in [0.15, 0.2) is 77.7 Å². The second-order valence-electron chi connectivity index (χ2n) is 8.38. The first-order chi connectivity index (χ1) is 16.3. The first-order valence-electron chi connectivity index (χ1n) is 10.8. The van der Waals surface area contributed by atoms with Crippen LogP contribution in [0.3, 0.4) is 0 Å². The van der Waals surface area contributed by atoms with E-state index in [9.17, 15) is 22.4 Å². The molecule has 1 unspecified atom stereocenters. The summed E-state index contributed by atoms with van der Waals surface area (Å²) < 4.78 is 47.4. The van der Waals surface area contributed by atoms with Crippen LogP contribution in [-0.2, 0) is 20.4 Å². The molecule has 1 amide bonds. The molecular weight excluding hydrogens is 459 g/mol. The standard InChI is InChI=1S/C25H21FN2O5S/c26-21-11-3-4-12-22(21)34(31,32)27-18-8-5-7-17(15-18)23(29)28-14-6-13-25(16-28)20-10-2-1-9-19(20)24(30)33-25/h1-5,7-12,15,27H,6,13-14,16H2. The molecule has 1 saturated heterocycles. The Morgan fingerprint density at radius 2 is 1.79 bits per heavy atom. The fourth-order valence-corrected chi connectivity index (χ4v) is 5.75. The van der Waals surface area contributed by atoms with Gasteiger partial charge >= 0.3 is 5.97 Å². The first-order valence-corrected chi connectivity index (χ1v) is 12.3. The number of hydrogen-bond acceptors (Lipinski definition) is 5. The topological polar surface area (TPSA) is 92.8 Å². The molecule has 9 heteroatoms. The summed E-state index contributed by atoms with van der Waals surface area (Å²) in [5.74, 6) is -1.58. The lowest BCUT2D eigenvalue weighted by atomic mass is 9.85. The van der Waals surface area contributed by atoms with Gasteiger partial charge in [0.05, 0.1) is 12.1 Å². The highest BCUT2D eigenvalue weighted by Gasteiger charge is 2.48. The fourth-order valence-electron chi connectivity index (χ4n) is 4.62. The molecule has 3 aromatic rings. The quantitative estimate of drug-likeness (QED) is 0.572. The van der Waals surface area contributed by atoms with Gasteiger partial charge in [0, 0.05) is 23.4 Å². The van der Waals surface area contributed by atoms with Crippen molar-refractivity contribution in [2.24, 2.45) is 0 Å². The van der Waals surface area contributed by atoms with Crippen molar-refractivity contribution in [1.82, 2.24) is 4.90 Å². The Morgan fingerprint density at radius 3 is 2.62 bits per heavy atom. The number of piperidine rings is 1. The van der Waals surface area contributed by atoms with Crippen molar-refractivity contribution in [2.75, 3.05) is 17.8 Å². The number of amides is 1. The molecule has 1 N–H and O–H groups in total. The number of nitrogens with zero attached hydrogens (tertiary/aromatic N) is 1. The maximum atomic E-state index is 14.0. The second kappa shape index (κ2) is 8.25. The fraction of sp³-hybridized carbons (Fsp3) is 0.200. The van der Waals surface area contributed by atoms with Gasteiger partial charge in [-0.25, -0.2) is 17.6 Å². The van der Waals surface area contributed by atoms with E-state index >= 15 is 0 Å². The maximum Gasteiger partial charge on any atom is 0.339 e. The summed E-state index contributed by atoms with van der Waals surface area (Å²) in [5.41, 5.74) is 0.818. The average Bonchev–Trinajstić information content (AvgIpc) is 3.09. The van der Waals surface area contributed by atoms with Gasteiger partial charge in [0.1, 0.15) is 10.7 Å². The molecule has 0 saturated carbocycles. The molecule has 2 heterocycles. The Morgan fingerprint density at radius 1 is 1.03 bits per heavy atom. The molecule has 5 rings (SSSR count). The highest BCUT2D eigenvalue weighted by atomic mass is 32.2. The minimum Gasteiger partial charge on any atom is -0.449 e. The lowest BCUT2D eigenvalue weighted by Gasteiger charge is -2.39. The molecule has 1 atom stereocenters. The smallest absolute Gasteiger partial charge is 0.339 e. The zero-order valence-corrected chi connectivity index (χ0v) is 18.8. The van der Waals surface area contributed by atoms with Crippen LogP contribution in [-0.4, -0.2) is 38.3 Å². The molecular formula is C25H21FN2O5S. The summed E-state index contributed by atoms with van der Waals surface area (Å²) in [6, 6.07) is 18.3. The van der Waals surface area contributed by atoms with E-state index in [1.807, 2.05) is 12.1 Å². The SMILES string of the molecule is O=C1OC2(CCCN(C(=O)c3cccc(NS(=O)(=O)c4ccccc4F)c3)C2)c2ccccc21. The number of sulfonamides is 1. The zero-order chi connectivity index (χ0) is 23.9. The lowest BCUT2D eigenvalue weighted by molar-refractivity contribution is -0.0442. The number of carbonyl (C=O) groups excluding carboxylic acids is 2. The van der Waals surface area contributed by atoms with E-state index in [0.717, 1.165) is 11.6 Å². The molecule has 0 aliphatic carbocycles. The highest BCUT2D eigenvalue weighted by molar-refractivity contribution is 7.92. The number of likely N-dealkylation sites (tertiary alicyclic amines) is 1. The largest absolute Gasteiger partial charge is 0.449 e. The van der Waals surface area contributed by atoms with Gasteiger partial charge in [0.25, 0.3) is 15.9 Å². The molecule has 0 radical (unpaired) electrons. The predicted molar refractivity (Wildman–Crippen MR) is 122 cm³/mol. The van der Waals surface area contributed by atoms with Crippen molar-refractivity contribution in [3.8, 4) is 0 Å². The van der Waals surface area contributed by atoms with E-state index < -0.39 is 32.3 Å². The average molecular weight is 481 g/mol. The van der Waals surface area contributed by atoms with Crippen molar-refractivity contribution in [3.05, 3.63) is 95.3 Å². The summed E-state index contributed by atoms with van der Waals surface area (Å²) in [6.07, 6.45) is 1.26. The Hall–Kier alpha value is -3.72. The van der Waals surface area contributed by atoms with Gasteiger partial charge in [0.2, 0.25) is 0 Å². The van der Waals surface area contributed by atoms with Crippen LogP contribution in [0.4, 0.5) is 10.1 Å². The third-order valence-corrected chi connectivity index (χ3v) is 7.57. The summed E-state index contributed by atoms with van der Waals surface area (Å²) in [5, 5.41) is 0. The molecule has 3 aromatic carbocycles. The molecule has 2 aliphatic heterocycles. The molecule has 7 nitrogen and oxygen atoms in total. The minimum atomic E-state index is -4.18. The maximum absolute atomic E-state index is 14.0. The van der Waals surface area contributed by atoms with Gasteiger partial charge in [-0.15, -0.1) is 0 Å². The van der Waals surface area contributed by atoms with E-state index in [1.165, 1.54) is 30.3 Å². The van der Waals surface area contributed by atoms with E-state index in [-0.39, 0.29) is 23.7 Å². The monoisotopic (exact) mass is 480 g/mol. The van der Waals surface area contributed by atoms with Gasteiger partial charge in [-0.1, -0.05) is 36.4 Å². The van der Waals surface area contributed by atoms with Crippen molar-refractivity contribution in [3.63, 3.8) is 0 Å². The molecule has 1 spiro atoms. The second-order valence-corrected chi connectivity index (χ2v) is 10.0. The molecule has 2 aliphatic rings. The molecule has 0 bridgehead atoms. The minimum absolute atomic E-state index is 0.137. The van der Waals surface area contributed by atoms with E-state index in [0.29, 0.717) is 24.9 Å². The summed E-state index contributed by atoms with van der Waals surface area (Å²) in [4.78, 5) is 26.8. The molecule has 0 aromatic heterocycles. The first kappa shape index (κ1) is 22.1. The van der Waals surface area contributed by atoms with Crippen LogP contribution in [0.1, 0.15) is 39.1 Å². The Balaban J connectivity index is 1.38. The molecule has 174 valence electrons. The molecule has 1 fully saturated rings. The van der Waals surface area contributed by atoms with Gasteiger partial charge in [0.15, 0.2) is 5.60 Å². The van der Waals surface area contributed by atoms with Crippen molar-refractivity contribution in [2.45, 2.75) is 23.3 Å². The normalized spacial score (nSPS) is 19.6. The van der Waals surface area contributed by atoms with E-state index in [4.69, 9.17) is 4.74 Å². The number of halogens is 1. The Bertz CT molecular complexity index is 1410. The van der Waals surface area contributed by atoms with Gasteiger partial charge < -0.3 is 9.64 Å². The van der Waals surface area contributed by atoms with E-state index in [2.05, 4.69) is 4.72 Å². The highest BCUT2D eigenvalue weighted by Crippen LogP contribution is 2.43. The zero-order valence-electron chi connectivity index (χ0n) is 18.0. The number of fused-ring (bicyclic) bond motifs is 2. The number of anilines is 1. The van der Waals surface area contributed by atoms with E-state index in [1.54, 1.807) is 29.2 Å². The number of benzene rings is 3. The van der Waals surface area contributed by atoms with Crippen LogP contribution < -0.4 is 4.72 Å². The van der Waals surface area contributed by atoms with Crippen molar-refractivity contribution >= 4 is 27.6 Å².